The van der Waals surface area contributed by atoms with Crippen LogP contribution in [0.15, 0.2) is 9.98 Å². The number of nitrogens with zero attached hydrogens (tertiary/aromatic N) is 2. The molecule has 14 heavy (non-hydrogen) atoms. The first-order valence-corrected chi connectivity index (χ1v) is 3.80. The van der Waals surface area contributed by atoms with Gasteiger partial charge in [0.25, 0.3) is 5.78 Å². The maximum atomic E-state index is 11.6. The summed E-state index contributed by atoms with van der Waals surface area (Å²) in [5.41, 5.74) is 0. The van der Waals surface area contributed by atoms with Crippen LogP contribution in [0.1, 0.15) is 13.8 Å². The summed E-state index contributed by atoms with van der Waals surface area (Å²) < 4.78 is 34.8. The third-order valence-corrected chi connectivity index (χ3v) is 0.991. The molecular formula is C8H9F3N2O. The lowest BCUT2D eigenvalue weighted by molar-refractivity contribution is -0.169. The minimum Gasteiger partial charge on any atom is -0.287 e. The molecule has 0 atom stereocenters. The predicted octanol–water partition coefficient (Wildman–Crippen LogP) is 1.42. The number of hydrogen-bond donors (Lipinski definition) is 0. The molecule has 0 aromatic carbocycles. The Kier molecular flexibility index (Phi) is 4.84. The second-order valence-corrected chi connectivity index (χ2v) is 2.68. The molecule has 0 unspecified atom stereocenters. The van der Waals surface area contributed by atoms with Crippen molar-refractivity contribution >= 4 is 17.5 Å². The number of Topliss-reactive ketones (excluding diaryl/α,β-unsaturated/α-hetero) is 1. The largest absolute Gasteiger partial charge is 0.452 e. The molecule has 0 bridgehead atoms. The van der Waals surface area contributed by atoms with Crippen LogP contribution in [0.3, 0.4) is 0 Å². The summed E-state index contributed by atoms with van der Waals surface area (Å²) in [5.74, 6) is 2.28. The van der Waals surface area contributed by atoms with E-state index in [0.29, 0.717) is 0 Å². The summed E-state index contributed by atoms with van der Waals surface area (Å²) in [4.78, 5) is 17.0. The van der Waals surface area contributed by atoms with Gasteiger partial charge in [0.2, 0.25) is 0 Å². The van der Waals surface area contributed by atoms with E-state index in [0.717, 1.165) is 0 Å². The Labute approximate surface area is 79.1 Å². The fourth-order valence-electron chi connectivity index (χ4n) is 0.394. The summed E-state index contributed by atoms with van der Waals surface area (Å²) >= 11 is 0. The van der Waals surface area contributed by atoms with Gasteiger partial charge in [0.05, 0.1) is 17.8 Å². The summed E-state index contributed by atoms with van der Waals surface area (Å²) in [7, 11) is 0. The molecule has 0 N–H and O–H groups in total. The molecule has 0 aliphatic heterocycles. The number of ketones is 1. The van der Waals surface area contributed by atoms with Crippen LogP contribution >= 0.6 is 0 Å². The standard InChI is InChI=1S/C8H9F3N2O/c1-6(2)13-4-3-12-5-7(14)8(9,10)11/h6H,5H2,1-2H3. The van der Waals surface area contributed by atoms with Crippen molar-refractivity contribution in [3.05, 3.63) is 0 Å². The van der Waals surface area contributed by atoms with Crippen molar-refractivity contribution in [3.8, 4) is 0 Å². The molecule has 0 aromatic rings. The quantitative estimate of drug-likeness (QED) is 0.644. The van der Waals surface area contributed by atoms with Crippen LogP contribution in [0.25, 0.3) is 0 Å². The Balaban J connectivity index is 4.20. The number of carbonyl (C=O) groups excluding carboxylic acids is 1. The minimum atomic E-state index is -4.83. The number of hydrogen-bond acceptors (Lipinski definition) is 3. The molecular weight excluding hydrogens is 197 g/mol. The van der Waals surface area contributed by atoms with E-state index >= 15 is 0 Å². The van der Waals surface area contributed by atoms with Crippen molar-refractivity contribution in [2.75, 3.05) is 6.54 Å². The van der Waals surface area contributed by atoms with Crippen LogP contribution in [0.5, 0.6) is 0 Å². The van der Waals surface area contributed by atoms with E-state index in [4.69, 9.17) is 0 Å². The van der Waals surface area contributed by atoms with Gasteiger partial charge in [-0.05, 0) is 13.8 Å². The van der Waals surface area contributed by atoms with Crippen LogP contribution in [0.4, 0.5) is 13.2 Å². The molecule has 6 heteroatoms. The molecule has 0 rings (SSSR count). The SMILES string of the molecule is CC(C)N=C=C=NCC(=O)C(F)(F)F. The maximum absolute atomic E-state index is 11.6. The highest BCUT2D eigenvalue weighted by Crippen LogP contribution is 2.15. The van der Waals surface area contributed by atoms with Gasteiger partial charge in [-0.2, -0.15) is 13.2 Å². The first kappa shape index (κ1) is 12.6. The van der Waals surface area contributed by atoms with Crippen molar-refractivity contribution in [3.63, 3.8) is 0 Å². The summed E-state index contributed by atoms with van der Waals surface area (Å²) in [5, 5.41) is 0. The number of carbonyl (C=O) groups is 1. The van der Waals surface area contributed by atoms with Gasteiger partial charge < -0.3 is 0 Å². The zero-order chi connectivity index (χ0) is 11.2. The minimum absolute atomic E-state index is 0.0315. The molecule has 0 aromatic heterocycles. The number of alkyl halides is 3. The van der Waals surface area contributed by atoms with Crippen LogP contribution in [0.2, 0.25) is 0 Å². The molecule has 0 aliphatic rings. The lowest BCUT2D eigenvalue weighted by atomic mass is 10.4. The van der Waals surface area contributed by atoms with Gasteiger partial charge in [-0.1, -0.05) is 0 Å². The Morgan fingerprint density at radius 1 is 1.36 bits per heavy atom. The predicted molar refractivity (Wildman–Crippen MR) is 45.9 cm³/mol. The monoisotopic (exact) mass is 206 g/mol. The molecule has 78 valence electrons. The zero-order valence-corrected chi connectivity index (χ0v) is 7.72. The zero-order valence-electron chi connectivity index (χ0n) is 7.72. The third kappa shape index (κ3) is 6.17. The Bertz CT molecular complexity index is 294. The highest BCUT2D eigenvalue weighted by molar-refractivity contribution is 5.91. The molecule has 0 amide bonds. The van der Waals surface area contributed by atoms with Crippen molar-refractivity contribution in [1.82, 2.24) is 0 Å². The Morgan fingerprint density at radius 3 is 2.36 bits per heavy atom. The van der Waals surface area contributed by atoms with E-state index in [1.807, 2.05) is 5.87 Å². The highest BCUT2D eigenvalue weighted by atomic mass is 19.4. The van der Waals surface area contributed by atoms with E-state index in [2.05, 4.69) is 15.9 Å². The van der Waals surface area contributed by atoms with E-state index in [1.165, 1.54) is 0 Å². The van der Waals surface area contributed by atoms with Crippen molar-refractivity contribution in [2.24, 2.45) is 9.98 Å². The van der Waals surface area contributed by atoms with Crippen molar-refractivity contribution in [2.45, 2.75) is 26.1 Å². The maximum Gasteiger partial charge on any atom is 0.452 e. The number of halogens is 3. The van der Waals surface area contributed by atoms with Crippen molar-refractivity contribution < 1.29 is 18.0 Å². The molecule has 0 heterocycles. The fraction of sp³-hybridized carbons (Fsp3) is 0.625. The fourth-order valence-corrected chi connectivity index (χ4v) is 0.394. The molecule has 0 aliphatic carbocycles. The van der Waals surface area contributed by atoms with E-state index in [1.54, 1.807) is 13.8 Å². The van der Waals surface area contributed by atoms with Gasteiger partial charge >= 0.3 is 6.18 Å². The second kappa shape index (κ2) is 5.37. The second-order valence-electron chi connectivity index (χ2n) is 2.68. The molecule has 3 nitrogen and oxygen atoms in total. The van der Waals surface area contributed by atoms with Gasteiger partial charge in [-0.25, -0.2) is 9.98 Å². The summed E-state index contributed by atoms with van der Waals surface area (Å²) in [6, 6.07) is -0.0315. The topological polar surface area (TPSA) is 41.8 Å². The Hall–Kier alpha value is -1.38. The van der Waals surface area contributed by atoms with Gasteiger partial charge in [-0.15, -0.1) is 0 Å². The lowest BCUT2D eigenvalue weighted by Crippen LogP contribution is -2.24. The van der Waals surface area contributed by atoms with E-state index in [9.17, 15) is 18.0 Å². The van der Waals surface area contributed by atoms with Crippen LogP contribution < -0.4 is 0 Å². The van der Waals surface area contributed by atoms with Gasteiger partial charge in [0.1, 0.15) is 6.54 Å². The molecule has 0 saturated carbocycles. The number of aliphatic imine (C=N–C) groups is 2. The Morgan fingerprint density at radius 2 is 1.93 bits per heavy atom. The first-order chi connectivity index (χ1) is 6.34. The van der Waals surface area contributed by atoms with E-state index < -0.39 is 18.5 Å². The highest BCUT2D eigenvalue weighted by Gasteiger charge is 2.37. The lowest BCUT2D eigenvalue weighted by Gasteiger charge is -1.99. The molecule has 0 saturated heterocycles. The molecule has 0 fully saturated rings. The van der Waals surface area contributed by atoms with Crippen LogP contribution in [-0.2, 0) is 4.79 Å². The summed E-state index contributed by atoms with van der Waals surface area (Å²) in [6.45, 7) is 2.55. The normalized spacial score (nSPS) is 10.4. The average Bonchev–Trinajstić information content (AvgIpc) is 2.01. The van der Waals surface area contributed by atoms with E-state index in [-0.39, 0.29) is 6.04 Å². The average molecular weight is 206 g/mol. The number of rotatable bonds is 3. The van der Waals surface area contributed by atoms with Crippen molar-refractivity contribution in [1.29, 1.82) is 0 Å². The molecule has 0 spiro atoms. The molecule has 0 radical (unpaired) electrons. The third-order valence-electron chi connectivity index (χ3n) is 0.991. The smallest absolute Gasteiger partial charge is 0.287 e. The van der Waals surface area contributed by atoms with Gasteiger partial charge in [-0.3, -0.25) is 4.79 Å². The van der Waals surface area contributed by atoms with Crippen LogP contribution in [-0.4, -0.2) is 36.3 Å². The first-order valence-electron chi connectivity index (χ1n) is 3.80. The van der Waals surface area contributed by atoms with Gasteiger partial charge in [0, 0.05) is 0 Å². The summed E-state index contributed by atoms with van der Waals surface area (Å²) in [6.07, 6.45) is -4.83. The van der Waals surface area contributed by atoms with Crippen LogP contribution in [0, 0.1) is 0 Å². The van der Waals surface area contributed by atoms with Gasteiger partial charge in [0.15, 0.2) is 0 Å².